The molecule has 0 fully saturated rings. The Morgan fingerprint density at radius 2 is 2.12 bits per heavy atom. The van der Waals surface area contributed by atoms with E-state index in [0.717, 1.165) is 0 Å². The molecule has 88 valence electrons. The van der Waals surface area contributed by atoms with Crippen LogP contribution in [0.1, 0.15) is 31.1 Å². The predicted molar refractivity (Wildman–Crippen MR) is 65.7 cm³/mol. The summed E-state index contributed by atoms with van der Waals surface area (Å²) in [6, 6.07) is 3.26. The van der Waals surface area contributed by atoms with Crippen LogP contribution in [0.2, 0.25) is 5.15 Å². The fraction of sp³-hybridized carbons (Fsp3) is 0.500. The molecule has 0 spiro atoms. The van der Waals surface area contributed by atoms with Crippen molar-refractivity contribution in [2.75, 3.05) is 13.6 Å². The summed E-state index contributed by atoms with van der Waals surface area (Å²) in [7, 11) is 1.79. The molecule has 0 bridgehead atoms. The maximum Gasteiger partial charge on any atom is 0.253 e. The van der Waals surface area contributed by atoms with Gasteiger partial charge in [-0.15, -0.1) is 0 Å². The van der Waals surface area contributed by atoms with E-state index >= 15 is 0 Å². The van der Waals surface area contributed by atoms with E-state index in [9.17, 15) is 4.79 Å². The smallest absolute Gasteiger partial charge is 0.253 e. The second kappa shape index (κ2) is 4.83. The molecule has 0 aromatic carbocycles. The van der Waals surface area contributed by atoms with Crippen LogP contribution in [0.3, 0.4) is 0 Å². The minimum absolute atomic E-state index is 0.0285. The molecule has 3 nitrogen and oxygen atoms in total. The number of rotatable bonds is 2. The van der Waals surface area contributed by atoms with Crippen molar-refractivity contribution >= 4 is 17.5 Å². The van der Waals surface area contributed by atoms with Crippen molar-refractivity contribution in [3.05, 3.63) is 29.0 Å². The van der Waals surface area contributed by atoms with Crippen molar-refractivity contribution in [2.45, 2.75) is 20.8 Å². The van der Waals surface area contributed by atoms with E-state index in [1.54, 1.807) is 30.3 Å². The minimum Gasteiger partial charge on any atom is -0.341 e. The molecule has 0 aliphatic heterocycles. The summed E-state index contributed by atoms with van der Waals surface area (Å²) in [5.41, 5.74) is 0.660. The third-order valence-corrected chi connectivity index (χ3v) is 2.24. The van der Waals surface area contributed by atoms with Gasteiger partial charge in [0.2, 0.25) is 0 Å². The Kier molecular flexibility index (Phi) is 3.92. The van der Waals surface area contributed by atoms with Crippen LogP contribution in [-0.2, 0) is 0 Å². The van der Waals surface area contributed by atoms with E-state index in [1.807, 2.05) is 0 Å². The number of pyridine rings is 1. The lowest BCUT2D eigenvalue weighted by Crippen LogP contribution is -2.34. The van der Waals surface area contributed by atoms with E-state index < -0.39 is 0 Å². The zero-order chi connectivity index (χ0) is 12.3. The van der Waals surface area contributed by atoms with Gasteiger partial charge in [-0.25, -0.2) is 4.98 Å². The lowest BCUT2D eigenvalue weighted by molar-refractivity contribution is 0.0745. The molecule has 1 aromatic heterocycles. The Balaban J connectivity index is 2.78. The van der Waals surface area contributed by atoms with E-state index in [1.165, 1.54) is 0 Å². The molecule has 0 N–H and O–H groups in total. The second-order valence-corrected chi connectivity index (χ2v) is 5.48. The average Bonchev–Trinajstić information content (AvgIpc) is 2.14. The van der Waals surface area contributed by atoms with Gasteiger partial charge in [0.15, 0.2) is 0 Å². The number of halogens is 1. The average molecular weight is 241 g/mol. The molecule has 0 radical (unpaired) electrons. The van der Waals surface area contributed by atoms with Gasteiger partial charge in [-0.3, -0.25) is 4.79 Å². The van der Waals surface area contributed by atoms with Gasteiger partial charge in [0.1, 0.15) is 5.15 Å². The maximum absolute atomic E-state index is 12.0. The van der Waals surface area contributed by atoms with Gasteiger partial charge in [0, 0.05) is 25.4 Å². The summed E-state index contributed by atoms with van der Waals surface area (Å²) >= 11 is 5.74. The quantitative estimate of drug-likeness (QED) is 0.745. The van der Waals surface area contributed by atoms with Crippen LogP contribution in [-0.4, -0.2) is 29.4 Å². The zero-order valence-electron chi connectivity index (χ0n) is 10.1. The van der Waals surface area contributed by atoms with Crippen molar-refractivity contribution in [2.24, 2.45) is 5.41 Å². The van der Waals surface area contributed by atoms with E-state index in [4.69, 9.17) is 11.6 Å². The van der Waals surface area contributed by atoms with Crippen LogP contribution < -0.4 is 0 Å². The predicted octanol–water partition coefficient (Wildman–Crippen LogP) is 2.85. The maximum atomic E-state index is 12.0. The van der Waals surface area contributed by atoms with Gasteiger partial charge in [0.25, 0.3) is 5.91 Å². The van der Waals surface area contributed by atoms with E-state index in [0.29, 0.717) is 17.3 Å². The molecule has 0 aliphatic carbocycles. The highest BCUT2D eigenvalue weighted by molar-refractivity contribution is 6.29. The van der Waals surface area contributed by atoms with Gasteiger partial charge < -0.3 is 4.90 Å². The molecule has 1 aromatic rings. The molecule has 0 saturated carbocycles. The molecular weight excluding hydrogens is 224 g/mol. The van der Waals surface area contributed by atoms with Gasteiger partial charge in [-0.1, -0.05) is 32.4 Å². The van der Waals surface area contributed by atoms with Crippen molar-refractivity contribution in [3.8, 4) is 0 Å². The number of aromatic nitrogens is 1. The number of hydrogen-bond acceptors (Lipinski definition) is 2. The summed E-state index contributed by atoms with van der Waals surface area (Å²) in [6.07, 6.45) is 1.54. The summed E-state index contributed by atoms with van der Waals surface area (Å²) in [5.74, 6) is -0.0285. The molecular formula is C12H17ClN2O. The minimum atomic E-state index is -0.0285. The first kappa shape index (κ1) is 13.0. The number of nitrogens with zero attached hydrogens (tertiary/aromatic N) is 2. The first-order valence-corrected chi connectivity index (χ1v) is 5.54. The third-order valence-electron chi connectivity index (χ3n) is 2.03. The molecule has 0 unspecified atom stereocenters. The van der Waals surface area contributed by atoms with E-state index in [-0.39, 0.29) is 11.3 Å². The van der Waals surface area contributed by atoms with Crippen LogP contribution in [0.5, 0.6) is 0 Å². The molecule has 0 saturated heterocycles. The van der Waals surface area contributed by atoms with E-state index in [2.05, 4.69) is 25.8 Å². The van der Waals surface area contributed by atoms with Crippen molar-refractivity contribution in [1.82, 2.24) is 9.88 Å². The van der Waals surface area contributed by atoms with Crippen molar-refractivity contribution in [3.63, 3.8) is 0 Å². The summed E-state index contributed by atoms with van der Waals surface area (Å²) in [6.45, 7) is 6.98. The fourth-order valence-electron chi connectivity index (χ4n) is 1.54. The normalized spacial score (nSPS) is 11.3. The Morgan fingerprint density at radius 3 is 2.62 bits per heavy atom. The summed E-state index contributed by atoms with van der Waals surface area (Å²) in [4.78, 5) is 17.6. The highest BCUT2D eigenvalue weighted by Crippen LogP contribution is 2.16. The number of carbonyl (C=O) groups is 1. The van der Waals surface area contributed by atoms with Crippen molar-refractivity contribution < 1.29 is 4.79 Å². The Hall–Kier alpha value is -1.09. The van der Waals surface area contributed by atoms with Crippen LogP contribution >= 0.6 is 11.6 Å². The number of hydrogen-bond donors (Lipinski definition) is 0. The second-order valence-electron chi connectivity index (χ2n) is 5.09. The monoisotopic (exact) mass is 240 g/mol. The number of amides is 1. The molecule has 0 atom stereocenters. The molecule has 4 heteroatoms. The fourth-order valence-corrected chi connectivity index (χ4v) is 1.71. The highest BCUT2D eigenvalue weighted by Gasteiger charge is 2.18. The standard InChI is InChI=1S/C12H17ClN2O/c1-12(2,3)8-15(4)11(16)9-5-6-14-10(13)7-9/h5-7H,8H2,1-4H3. The Morgan fingerprint density at radius 1 is 1.50 bits per heavy atom. The lowest BCUT2D eigenvalue weighted by Gasteiger charge is -2.26. The van der Waals surface area contributed by atoms with Crippen LogP contribution in [0.4, 0.5) is 0 Å². The molecule has 1 rings (SSSR count). The third kappa shape index (κ3) is 3.81. The Labute approximate surface area is 101 Å². The van der Waals surface area contributed by atoms with Crippen LogP contribution in [0.25, 0.3) is 0 Å². The molecule has 1 heterocycles. The van der Waals surface area contributed by atoms with Gasteiger partial charge in [-0.2, -0.15) is 0 Å². The highest BCUT2D eigenvalue weighted by atomic mass is 35.5. The van der Waals surface area contributed by atoms with Crippen LogP contribution in [0, 0.1) is 5.41 Å². The SMILES string of the molecule is CN(CC(C)(C)C)C(=O)c1ccnc(Cl)c1. The summed E-state index contributed by atoms with van der Waals surface area (Å²) in [5, 5.41) is 0.343. The molecule has 1 amide bonds. The largest absolute Gasteiger partial charge is 0.341 e. The lowest BCUT2D eigenvalue weighted by atomic mass is 9.96. The van der Waals surface area contributed by atoms with Crippen LogP contribution in [0.15, 0.2) is 18.3 Å². The topological polar surface area (TPSA) is 33.2 Å². The van der Waals surface area contributed by atoms with Crippen molar-refractivity contribution in [1.29, 1.82) is 0 Å². The first-order valence-electron chi connectivity index (χ1n) is 5.16. The summed E-state index contributed by atoms with van der Waals surface area (Å²) < 4.78 is 0. The van der Waals surface area contributed by atoms with Gasteiger partial charge >= 0.3 is 0 Å². The zero-order valence-corrected chi connectivity index (χ0v) is 10.9. The first-order chi connectivity index (χ1) is 7.29. The number of carbonyl (C=O) groups excluding carboxylic acids is 1. The van der Waals surface area contributed by atoms with Gasteiger partial charge in [0.05, 0.1) is 0 Å². The Bertz CT molecular complexity index is 385. The molecule has 0 aliphatic rings. The molecule has 16 heavy (non-hydrogen) atoms. The van der Waals surface area contributed by atoms with Gasteiger partial charge in [-0.05, 0) is 17.5 Å².